The fourth-order valence-electron chi connectivity index (χ4n) is 2.41. The molecule has 20 heavy (non-hydrogen) atoms. The first kappa shape index (κ1) is 17.0. The number of imide groups is 1. The van der Waals surface area contributed by atoms with Gasteiger partial charge in [0, 0.05) is 5.54 Å². The number of likely N-dealkylation sites (tertiary alicyclic amines) is 1. The zero-order chi connectivity index (χ0) is 15.2. The van der Waals surface area contributed by atoms with Crippen LogP contribution in [0.1, 0.15) is 59.8 Å². The molecule has 0 radical (unpaired) electrons. The molecule has 0 aliphatic carbocycles. The highest BCUT2D eigenvalue weighted by atomic mass is 16.2. The lowest BCUT2D eigenvalue weighted by Gasteiger charge is -2.30. The highest BCUT2D eigenvalue weighted by molar-refractivity contribution is 5.97. The molecule has 0 unspecified atom stereocenters. The van der Waals surface area contributed by atoms with Gasteiger partial charge in [-0.3, -0.25) is 15.0 Å². The molecule has 0 saturated carbocycles. The van der Waals surface area contributed by atoms with E-state index in [4.69, 9.17) is 0 Å². The van der Waals surface area contributed by atoms with Crippen LogP contribution in [-0.2, 0) is 4.79 Å². The molecule has 1 aliphatic rings. The maximum Gasteiger partial charge on any atom is 0.321 e. The number of urea groups is 1. The molecule has 1 saturated heterocycles. The molecule has 116 valence electrons. The van der Waals surface area contributed by atoms with Crippen molar-refractivity contribution in [2.45, 2.75) is 71.4 Å². The van der Waals surface area contributed by atoms with E-state index in [1.165, 1.54) is 19.3 Å². The largest absolute Gasteiger partial charge is 0.333 e. The number of rotatable bonds is 2. The monoisotopic (exact) mass is 283 g/mol. The lowest BCUT2D eigenvalue weighted by Crippen LogP contribution is -2.53. The van der Waals surface area contributed by atoms with Crippen LogP contribution in [0.3, 0.4) is 0 Å². The average Bonchev–Trinajstić information content (AvgIpc) is 2.24. The summed E-state index contributed by atoms with van der Waals surface area (Å²) in [5.74, 6) is -0.215. The number of amides is 3. The van der Waals surface area contributed by atoms with Gasteiger partial charge in [-0.25, -0.2) is 4.79 Å². The van der Waals surface area contributed by atoms with Crippen molar-refractivity contribution in [1.29, 1.82) is 0 Å². The molecule has 0 aromatic rings. The lowest BCUT2D eigenvalue weighted by molar-refractivity contribution is -0.124. The summed E-state index contributed by atoms with van der Waals surface area (Å²) >= 11 is 0. The molecule has 5 heteroatoms. The fourth-order valence-corrected chi connectivity index (χ4v) is 2.41. The Morgan fingerprint density at radius 2 is 1.50 bits per heavy atom. The standard InChI is InChI=1S/C15H29N3O2/c1-12(18-10-8-6-5-7-9-11-18)13(19)16-14(20)17-15(2,3)4/h12H,5-11H2,1-4H3,(H2,16,17,19,20)/t12-/m1/s1. The van der Waals surface area contributed by atoms with Crippen LogP contribution in [0.25, 0.3) is 0 Å². The van der Waals surface area contributed by atoms with E-state index in [0.29, 0.717) is 0 Å². The predicted octanol–water partition coefficient (Wildman–Crippen LogP) is 2.27. The molecule has 1 atom stereocenters. The Labute approximate surface area is 122 Å². The number of carbonyl (C=O) groups is 2. The molecule has 2 N–H and O–H groups in total. The van der Waals surface area contributed by atoms with Crippen molar-refractivity contribution in [2.24, 2.45) is 0 Å². The minimum absolute atomic E-state index is 0.215. The van der Waals surface area contributed by atoms with Crippen molar-refractivity contribution in [3.8, 4) is 0 Å². The molecule has 1 heterocycles. The van der Waals surface area contributed by atoms with Gasteiger partial charge in [-0.1, -0.05) is 19.3 Å². The molecule has 0 aromatic heterocycles. The van der Waals surface area contributed by atoms with Crippen LogP contribution in [0.2, 0.25) is 0 Å². The van der Waals surface area contributed by atoms with Gasteiger partial charge < -0.3 is 5.32 Å². The van der Waals surface area contributed by atoms with Crippen molar-refractivity contribution in [3.05, 3.63) is 0 Å². The average molecular weight is 283 g/mol. The second-order valence-corrected chi connectivity index (χ2v) is 6.67. The third-order valence-corrected chi connectivity index (χ3v) is 3.54. The highest BCUT2D eigenvalue weighted by Gasteiger charge is 2.24. The van der Waals surface area contributed by atoms with E-state index < -0.39 is 6.03 Å². The molecule has 1 aliphatic heterocycles. The van der Waals surface area contributed by atoms with E-state index in [1.54, 1.807) is 0 Å². The molecular formula is C15H29N3O2. The van der Waals surface area contributed by atoms with E-state index in [2.05, 4.69) is 15.5 Å². The summed E-state index contributed by atoms with van der Waals surface area (Å²) in [6, 6.07) is -0.666. The number of nitrogens with one attached hydrogen (secondary N) is 2. The second kappa shape index (κ2) is 7.62. The molecule has 5 nitrogen and oxygen atoms in total. The van der Waals surface area contributed by atoms with Gasteiger partial charge in [0.2, 0.25) is 5.91 Å². The van der Waals surface area contributed by atoms with Crippen molar-refractivity contribution >= 4 is 11.9 Å². The van der Waals surface area contributed by atoms with Gasteiger partial charge in [-0.15, -0.1) is 0 Å². The summed E-state index contributed by atoms with van der Waals surface area (Å²) in [5, 5.41) is 5.18. The van der Waals surface area contributed by atoms with Gasteiger partial charge in [-0.2, -0.15) is 0 Å². The van der Waals surface area contributed by atoms with Crippen LogP contribution >= 0.6 is 0 Å². The normalized spacial score (nSPS) is 19.6. The molecular weight excluding hydrogens is 254 g/mol. The molecule has 0 bridgehead atoms. The van der Waals surface area contributed by atoms with Crippen LogP contribution in [0.15, 0.2) is 0 Å². The number of carbonyl (C=O) groups excluding carboxylic acids is 2. The molecule has 0 aromatic carbocycles. The summed E-state index contributed by atoms with van der Waals surface area (Å²) in [4.78, 5) is 26.0. The Morgan fingerprint density at radius 1 is 1.00 bits per heavy atom. The minimum atomic E-state index is -0.415. The van der Waals surface area contributed by atoms with E-state index in [-0.39, 0.29) is 17.5 Å². The zero-order valence-corrected chi connectivity index (χ0v) is 13.3. The summed E-state index contributed by atoms with van der Waals surface area (Å²) in [5.41, 5.74) is -0.339. The Bertz CT molecular complexity index is 329. The topological polar surface area (TPSA) is 61.4 Å². The molecule has 0 spiro atoms. The number of hydrogen-bond donors (Lipinski definition) is 2. The van der Waals surface area contributed by atoms with Crippen LogP contribution in [0, 0.1) is 0 Å². The second-order valence-electron chi connectivity index (χ2n) is 6.67. The van der Waals surface area contributed by atoms with Crippen LogP contribution < -0.4 is 10.6 Å². The van der Waals surface area contributed by atoms with Crippen LogP contribution in [0.5, 0.6) is 0 Å². The lowest BCUT2D eigenvalue weighted by atomic mass is 10.1. The Balaban J connectivity index is 2.46. The summed E-state index contributed by atoms with van der Waals surface area (Å²) in [6.45, 7) is 9.42. The minimum Gasteiger partial charge on any atom is -0.333 e. The first-order chi connectivity index (χ1) is 9.29. The molecule has 3 amide bonds. The van der Waals surface area contributed by atoms with Crippen molar-refractivity contribution < 1.29 is 9.59 Å². The predicted molar refractivity (Wildman–Crippen MR) is 80.5 cm³/mol. The summed E-state index contributed by atoms with van der Waals surface area (Å²) < 4.78 is 0. The SMILES string of the molecule is C[C@H](C(=O)NC(=O)NC(C)(C)C)N1CCCCCCC1. The van der Waals surface area contributed by atoms with Crippen molar-refractivity contribution in [3.63, 3.8) is 0 Å². The van der Waals surface area contributed by atoms with Crippen LogP contribution in [0.4, 0.5) is 4.79 Å². The Kier molecular flexibility index (Phi) is 6.46. The van der Waals surface area contributed by atoms with E-state index in [1.807, 2.05) is 27.7 Å². The van der Waals surface area contributed by atoms with Gasteiger partial charge in [0.1, 0.15) is 0 Å². The highest BCUT2D eigenvalue weighted by Crippen LogP contribution is 2.12. The van der Waals surface area contributed by atoms with Gasteiger partial charge in [0.05, 0.1) is 6.04 Å². The van der Waals surface area contributed by atoms with E-state index >= 15 is 0 Å². The Hall–Kier alpha value is -1.10. The number of hydrogen-bond acceptors (Lipinski definition) is 3. The van der Waals surface area contributed by atoms with Gasteiger partial charge in [0.25, 0.3) is 0 Å². The van der Waals surface area contributed by atoms with Crippen molar-refractivity contribution in [2.75, 3.05) is 13.1 Å². The summed E-state index contributed by atoms with van der Waals surface area (Å²) in [7, 11) is 0. The van der Waals surface area contributed by atoms with Gasteiger partial charge >= 0.3 is 6.03 Å². The Morgan fingerprint density at radius 3 is 2.00 bits per heavy atom. The first-order valence-corrected chi connectivity index (χ1v) is 7.66. The molecule has 1 rings (SSSR count). The van der Waals surface area contributed by atoms with Crippen molar-refractivity contribution in [1.82, 2.24) is 15.5 Å². The van der Waals surface area contributed by atoms with Gasteiger partial charge in [0.15, 0.2) is 0 Å². The van der Waals surface area contributed by atoms with Gasteiger partial charge in [-0.05, 0) is 53.6 Å². The third kappa shape index (κ3) is 6.37. The maximum absolute atomic E-state index is 12.1. The summed E-state index contributed by atoms with van der Waals surface area (Å²) in [6.07, 6.45) is 6.02. The first-order valence-electron chi connectivity index (χ1n) is 7.66. The number of nitrogens with zero attached hydrogens (tertiary/aromatic N) is 1. The zero-order valence-electron chi connectivity index (χ0n) is 13.3. The fraction of sp³-hybridized carbons (Fsp3) is 0.867. The maximum atomic E-state index is 12.1. The van der Waals surface area contributed by atoms with Crippen LogP contribution in [-0.4, -0.2) is 41.5 Å². The smallest absolute Gasteiger partial charge is 0.321 e. The third-order valence-electron chi connectivity index (χ3n) is 3.54. The quantitative estimate of drug-likeness (QED) is 0.817. The molecule has 1 fully saturated rings. The van der Waals surface area contributed by atoms with E-state index in [0.717, 1.165) is 25.9 Å². The van der Waals surface area contributed by atoms with E-state index in [9.17, 15) is 9.59 Å².